The third-order valence-corrected chi connectivity index (χ3v) is 4.40. The van der Waals surface area contributed by atoms with Crippen LogP contribution in [-0.4, -0.2) is 42.0 Å². The fourth-order valence-corrected chi connectivity index (χ4v) is 3.14. The van der Waals surface area contributed by atoms with Crippen LogP contribution in [0.25, 0.3) is 33.4 Å². The number of hydrogen-bond acceptors (Lipinski definition) is 5. The third-order valence-electron chi connectivity index (χ3n) is 4.40. The lowest BCUT2D eigenvalue weighted by molar-refractivity contribution is -0.107. The molecule has 0 saturated carbocycles. The molecule has 4 rings (SSSR count). The SMILES string of the molecule is Cn1cc(-c2nn(C(=O)O)c3cnc(-c4c(F)cc(CC=O)cc4F)cc23)cn1. The van der Waals surface area contributed by atoms with Crippen LogP contribution in [0.15, 0.2) is 36.8 Å². The maximum Gasteiger partial charge on any atom is 0.432 e. The standard InChI is InChI=1S/C19H13F2N5O3/c1-25-9-11(7-23-25)18-12-6-15(22-8-16(12)26(24-18)19(28)29)17-13(20)4-10(2-3-27)5-14(17)21/h3-9H,2H2,1H3,(H,28,29). The number of pyridine rings is 1. The summed E-state index contributed by atoms with van der Waals surface area (Å²) in [5.74, 6) is -1.75. The number of rotatable bonds is 4. The molecule has 0 saturated heterocycles. The summed E-state index contributed by atoms with van der Waals surface area (Å²) < 4.78 is 31.4. The molecule has 29 heavy (non-hydrogen) atoms. The van der Waals surface area contributed by atoms with E-state index in [9.17, 15) is 23.5 Å². The minimum absolute atomic E-state index is 0.0276. The van der Waals surface area contributed by atoms with Crippen molar-refractivity contribution < 1.29 is 23.5 Å². The number of carbonyl (C=O) groups is 2. The molecule has 0 radical (unpaired) electrons. The summed E-state index contributed by atoms with van der Waals surface area (Å²) >= 11 is 0. The zero-order valence-corrected chi connectivity index (χ0v) is 15.0. The molecular weight excluding hydrogens is 384 g/mol. The Morgan fingerprint density at radius 3 is 2.52 bits per heavy atom. The normalized spacial score (nSPS) is 11.1. The smallest absolute Gasteiger partial charge is 0.432 e. The topological polar surface area (TPSA) is 103 Å². The molecule has 1 N–H and O–H groups in total. The molecular formula is C19H13F2N5O3. The molecule has 10 heteroatoms. The van der Waals surface area contributed by atoms with E-state index in [1.165, 1.54) is 23.1 Å². The first kappa shape index (κ1) is 18.4. The number of benzene rings is 1. The monoisotopic (exact) mass is 397 g/mol. The highest BCUT2D eigenvalue weighted by Gasteiger charge is 2.21. The summed E-state index contributed by atoms with van der Waals surface area (Å²) in [5.41, 5.74) is 0.796. The van der Waals surface area contributed by atoms with Crippen LogP contribution in [0, 0.1) is 11.6 Å². The largest absolute Gasteiger partial charge is 0.463 e. The summed E-state index contributed by atoms with van der Waals surface area (Å²) in [6.07, 6.45) is 3.46. The van der Waals surface area contributed by atoms with Crippen LogP contribution < -0.4 is 0 Å². The number of aryl methyl sites for hydroxylation is 1. The van der Waals surface area contributed by atoms with Crippen LogP contribution >= 0.6 is 0 Å². The van der Waals surface area contributed by atoms with Gasteiger partial charge in [-0.2, -0.15) is 14.9 Å². The zero-order valence-electron chi connectivity index (χ0n) is 15.0. The van der Waals surface area contributed by atoms with Gasteiger partial charge in [0.2, 0.25) is 0 Å². The van der Waals surface area contributed by atoms with Gasteiger partial charge in [-0.3, -0.25) is 9.67 Å². The van der Waals surface area contributed by atoms with E-state index < -0.39 is 17.7 Å². The highest BCUT2D eigenvalue weighted by molar-refractivity contribution is 5.98. The van der Waals surface area contributed by atoms with Crippen LogP contribution in [0.2, 0.25) is 0 Å². The Bertz CT molecular complexity index is 1260. The molecule has 4 aromatic rings. The highest BCUT2D eigenvalue weighted by Crippen LogP contribution is 2.32. The lowest BCUT2D eigenvalue weighted by Crippen LogP contribution is -2.09. The van der Waals surface area contributed by atoms with E-state index in [1.54, 1.807) is 13.2 Å². The third kappa shape index (κ3) is 3.14. The highest BCUT2D eigenvalue weighted by atomic mass is 19.1. The van der Waals surface area contributed by atoms with Crippen molar-refractivity contribution in [3.05, 3.63) is 54.0 Å². The summed E-state index contributed by atoms with van der Waals surface area (Å²) in [6, 6.07) is 3.52. The summed E-state index contributed by atoms with van der Waals surface area (Å²) in [6.45, 7) is 0. The first-order valence-electron chi connectivity index (χ1n) is 8.42. The van der Waals surface area contributed by atoms with Gasteiger partial charge in [0.25, 0.3) is 0 Å². The van der Waals surface area contributed by atoms with Crippen molar-refractivity contribution in [1.29, 1.82) is 0 Å². The molecule has 0 bridgehead atoms. The van der Waals surface area contributed by atoms with Crippen molar-refractivity contribution in [1.82, 2.24) is 24.5 Å². The number of aldehydes is 1. The van der Waals surface area contributed by atoms with E-state index in [0.29, 0.717) is 17.2 Å². The molecule has 8 nitrogen and oxygen atoms in total. The van der Waals surface area contributed by atoms with Crippen molar-refractivity contribution in [2.45, 2.75) is 6.42 Å². The molecule has 0 fully saturated rings. The van der Waals surface area contributed by atoms with E-state index >= 15 is 0 Å². The Kier molecular flexibility index (Phi) is 4.38. The Morgan fingerprint density at radius 2 is 1.93 bits per heavy atom. The van der Waals surface area contributed by atoms with Crippen LogP contribution in [0.4, 0.5) is 13.6 Å². The lowest BCUT2D eigenvalue weighted by atomic mass is 10.0. The quantitative estimate of drug-likeness (QED) is 0.531. The lowest BCUT2D eigenvalue weighted by Gasteiger charge is -2.07. The second kappa shape index (κ2) is 6.89. The van der Waals surface area contributed by atoms with Crippen LogP contribution in [-0.2, 0) is 18.3 Å². The Balaban J connectivity index is 1.95. The van der Waals surface area contributed by atoms with Gasteiger partial charge >= 0.3 is 6.09 Å². The van der Waals surface area contributed by atoms with Gasteiger partial charge in [-0.05, 0) is 23.8 Å². The van der Waals surface area contributed by atoms with E-state index in [-0.39, 0.29) is 34.5 Å². The molecule has 0 spiro atoms. The van der Waals surface area contributed by atoms with Gasteiger partial charge in [-0.15, -0.1) is 0 Å². The number of carbonyl (C=O) groups excluding carboxylic acids is 1. The zero-order chi connectivity index (χ0) is 20.7. The molecule has 146 valence electrons. The molecule has 0 amide bonds. The second-order valence-corrected chi connectivity index (χ2v) is 6.34. The minimum atomic E-state index is -1.32. The molecule has 0 aliphatic carbocycles. The van der Waals surface area contributed by atoms with Crippen LogP contribution in [0.1, 0.15) is 5.56 Å². The van der Waals surface area contributed by atoms with Crippen LogP contribution in [0.5, 0.6) is 0 Å². The first-order chi connectivity index (χ1) is 13.9. The predicted octanol–water partition coefficient (Wildman–Crippen LogP) is 3.04. The van der Waals surface area contributed by atoms with Gasteiger partial charge in [0.05, 0.1) is 29.2 Å². The van der Waals surface area contributed by atoms with E-state index in [2.05, 4.69) is 15.2 Å². The number of fused-ring (bicyclic) bond motifs is 1. The van der Waals surface area contributed by atoms with Crippen molar-refractivity contribution in [2.24, 2.45) is 7.05 Å². The Morgan fingerprint density at radius 1 is 1.21 bits per heavy atom. The number of hydrogen-bond donors (Lipinski definition) is 1. The van der Waals surface area contributed by atoms with Gasteiger partial charge in [-0.1, -0.05) is 0 Å². The molecule has 0 aliphatic rings. The maximum absolute atomic E-state index is 14.6. The molecule has 0 atom stereocenters. The number of halogens is 2. The van der Waals surface area contributed by atoms with E-state index in [1.807, 2.05) is 0 Å². The number of nitrogens with zero attached hydrogens (tertiary/aromatic N) is 5. The molecule has 0 aliphatic heterocycles. The summed E-state index contributed by atoms with van der Waals surface area (Å²) in [5, 5.41) is 17.9. The van der Waals surface area contributed by atoms with Crippen molar-refractivity contribution in [3.8, 4) is 22.5 Å². The van der Waals surface area contributed by atoms with Gasteiger partial charge in [0.1, 0.15) is 23.6 Å². The maximum atomic E-state index is 14.6. The van der Waals surface area contributed by atoms with Gasteiger partial charge < -0.3 is 9.90 Å². The Hall–Kier alpha value is -3.95. The summed E-state index contributed by atoms with van der Waals surface area (Å²) in [7, 11) is 1.69. The molecule has 3 heterocycles. The van der Waals surface area contributed by atoms with Crippen LogP contribution in [0.3, 0.4) is 0 Å². The average Bonchev–Trinajstić information content (AvgIpc) is 3.24. The van der Waals surface area contributed by atoms with Crippen molar-refractivity contribution >= 4 is 23.3 Å². The number of carboxylic acid groups (broad SMARTS) is 1. The summed E-state index contributed by atoms with van der Waals surface area (Å²) in [4.78, 5) is 26.2. The number of aromatic nitrogens is 5. The molecule has 0 unspecified atom stereocenters. The van der Waals surface area contributed by atoms with Gasteiger partial charge in [0, 0.05) is 30.6 Å². The van der Waals surface area contributed by atoms with Crippen molar-refractivity contribution in [3.63, 3.8) is 0 Å². The second-order valence-electron chi connectivity index (χ2n) is 6.34. The van der Waals surface area contributed by atoms with E-state index in [0.717, 1.165) is 16.8 Å². The molecule has 3 aromatic heterocycles. The van der Waals surface area contributed by atoms with E-state index in [4.69, 9.17) is 0 Å². The van der Waals surface area contributed by atoms with Gasteiger partial charge in [-0.25, -0.2) is 13.6 Å². The fraction of sp³-hybridized carbons (Fsp3) is 0.105. The Labute approximate surface area is 162 Å². The average molecular weight is 397 g/mol. The first-order valence-corrected chi connectivity index (χ1v) is 8.42. The minimum Gasteiger partial charge on any atom is -0.463 e. The van der Waals surface area contributed by atoms with Gasteiger partial charge in [0.15, 0.2) is 0 Å². The predicted molar refractivity (Wildman–Crippen MR) is 98.3 cm³/mol. The fourth-order valence-electron chi connectivity index (χ4n) is 3.14. The molecule has 1 aromatic carbocycles. The van der Waals surface area contributed by atoms with Crippen molar-refractivity contribution in [2.75, 3.05) is 0 Å².